The molecule has 0 fully saturated rings. The Bertz CT molecular complexity index is 296. The van der Waals surface area contributed by atoms with Gasteiger partial charge in [0, 0.05) is 17.1 Å². The molecule has 0 amide bonds. The fourth-order valence-electron chi connectivity index (χ4n) is 0.821. The first-order chi connectivity index (χ1) is 5.11. The zero-order valence-corrected chi connectivity index (χ0v) is 7.28. The number of hydrogen-bond donors (Lipinski definition) is 2. The Hall–Kier alpha value is -0.991. The minimum Gasteiger partial charge on any atom is -0.507 e. The quantitative estimate of drug-likeness (QED) is 0.697. The summed E-state index contributed by atoms with van der Waals surface area (Å²) in [4.78, 5) is 10.4. The Morgan fingerprint density at radius 1 is 1.42 bits per heavy atom. The van der Waals surface area contributed by atoms with Gasteiger partial charge < -0.3 is 10.2 Å². The second kappa shape index (κ2) is 4.14. The van der Waals surface area contributed by atoms with Gasteiger partial charge in [0.15, 0.2) is 0 Å². The second-order valence-electron chi connectivity index (χ2n) is 2.33. The van der Waals surface area contributed by atoms with Crippen LogP contribution in [0.5, 0.6) is 5.75 Å². The zero-order valence-electron chi connectivity index (χ0n) is 6.34. The van der Waals surface area contributed by atoms with Gasteiger partial charge in [-0.2, -0.15) is 0 Å². The van der Waals surface area contributed by atoms with Crippen molar-refractivity contribution in [2.45, 2.75) is 6.92 Å². The predicted molar refractivity (Wildman–Crippen MR) is 39.8 cm³/mol. The molecule has 1 radical (unpaired) electrons. The third-order valence-electron chi connectivity index (χ3n) is 1.38. The van der Waals surface area contributed by atoms with E-state index >= 15 is 0 Å². The number of aromatic carboxylic acids is 1. The van der Waals surface area contributed by atoms with Crippen LogP contribution in [-0.4, -0.2) is 16.2 Å². The van der Waals surface area contributed by atoms with Gasteiger partial charge in [-0.1, -0.05) is 11.6 Å². The number of carboxylic acid groups (broad SMARTS) is 1. The molecule has 3 nitrogen and oxygen atoms in total. The topological polar surface area (TPSA) is 57.5 Å². The number of benzene rings is 1. The van der Waals surface area contributed by atoms with Crippen LogP contribution in [-0.2, 0) is 17.1 Å². The van der Waals surface area contributed by atoms with Gasteiger partial charge in [-0.25, -0.2) is 4.79 Å². The summed E-state index contributed by atoms with van der Waals surface area (Å²) in [5, 5.41) is 17.6. The van der Waals surface area contributed by atoms with Crippen LogP contribution in [0, 0.1) is 6.92 Å². The Balaban J connectivity index is 0.00000121. The third kappa shape index (κ3) is 2.26. The largest absolute Gasteiger partial charge is 0.507 e. The SMILES string of the molecule is Cc1ccc(O)c(C(=O)O)c1.[Cu]. The fraction of sp³-hybridized carbons (Fsp3) is 0.125. The van der Waals surface area contributed by atoms with E-state index in [0.717, 1.165) is 5.56 Å². The molecule has 2 N–H and O–H groups in total. The molecule has 0 atom stereocenters. The van der Waals surface area contributed by atoms with Crippen LogP contribution in [0.1, 0.15) is 15.9 Å². The summed E-state index contributed by atoms with van der Waals surface area (Å²) < 4.78 is 0. The van der Waals surface area contributed by atoms with Crippen LogP contribution in [0.25, 0.3) is 0 Å². The summed E-state index contributed by atoms with van der Waals surface area (Å²) in [6.07, 6.45) is 0. The number of carbonyl (C=O) groups is 1. The van der Waals surface area contributed by atoms with E-state index in [1.165, 1.54) is 12.1 Å². The molecule has 69 valence electrons. The number of aromatic hydroxyl groups is 1. The van der Waals surface area contributed by atoms with E-state index in [2.05, 4.69) is 0 Å². The molecular formula is C8H8CuO3. The summed E-state index contributed by atoms with van der Waals surface area (Å²) in [5.41, 5.74) is 0.769. The fourth-order valence-corrected chi connectivity index (χ4v) is 0.821. The predicted octanol–water partition coefficient (Wildman–Crippen LogP) is 1.40. The number of carboxylic acids is 1. The molecule has 4 heteroatoms. The van der Waals surface area contributed by atoms with E-state index in [9.17, 15) is 4.79 Å². The molecule has 0 bridgehead atoms. The van der Waals surface area contributed by atoms with Crippen LogP contribution in [0.4, 0.5) is 0 Å². The van der Waals surface area contributed by atoms with Crippen molar-refractivity contribution in [1.29, 1.82) is 0 Å². The molecule has 0 saturated heterocycles. The second-order valence-corrected chi connectivity index (χ2v) is 2.33. The Morgan fingerprint density at radius 3 is 2.42 bits per heavy atom. The smallest absolute Gasteiger partial charge is 0.339 e. The van der Waals surface area contributed by atoms with Gasteiger partial charge >= 0.3 is 5.97 Å². The molecule has 0 aromatic heterocycles. The van der Waals surface area contributed by atoms with Crippen LogP contribution in [0.2, 0.25) is 0 Å². The normalized spacial score (nSPS) is 8.75. The van der Waals surface area contributed by atoms with Gasteiger partial charge in [0.05, 0.1) is 0 Å². The molecule has 12 heavy (non-hydrogen) atoms. The van der Waals surface area contributed by atoms with Crippen LogP contribution in [0.3, 0.4) is 0 Å². The molecule has 1 rings (SSSR count). The average Bonchev–Trinajstić information content (AvgIpc) is 1.94. The van der Waals surface area contributed by atoms with Crippen molar-refractivity contribution < 1.29 is 32.1 Å². The van der Waals surface area contributed by atoms with E-state index in [0.29, 0.717) is 0 Å². The van der Waals surface area contributed by atoms with E-state index in [1.54, 1.807) is 13.0 Å². The molecule has 0 heterocycles. The van der Waals surface area contributed by atoms with Crippen molar-refractivity contribution >= 4 is 5.97 Å². The average molecular weight is 216 g/mol. The first kappa shape index (κ1) is 11.0. The van der Waals surface area contributed by atoms with Crippen LogP contribution in [0.15, 0.2) is 18.2 Å². The summed E-state index contributed by atoms with van der Waals surface area (Å²) in [6, 6.07) is 4.46. The first-order valence-electron chi connectivity index (χ1n) is 3.14. The van der Waals surface area contributed by atoms with Gasteiger partial charge in [0.25, 0.3) is 0 Å². The summed E-state index contributed by atoms with van der Waals surface area (Å²) in [7, 11) is 0. The third-order valence-corrected chi connectivity index (χ3v) is 1.38. The summed E-state index contributed by atoms with van der Waals surface area (Å²) >= 11 is 0. The maximum Gasteiger partial charge on any atom is 0.339 e. The number of hydrogen-bond acceptors (Lipinski definition) is 2. The maximum atomic E-state index is 10.4. The molecule has 0 unspecified atom stereocenters. The van der Waals surface area contributed by atoms with Gasteiger partial charge in [0.2, 0.25) is 0 Å². The molecule has 0 aliphatic heterocycles. The molecular weight excluding hydrogens is 208 g/mol. The molecule has 1 aromatic rings. The monoisotopic (exact) mass is 215 g/mol. The van der Waals surface area contributed by atoms with E-state index in [1.807, 2.05) is 0 Å². The molecule has 1 aromatic carbocycles. The van der Waals surface area contributed by atoms with Gasteiger partial charge in [-0.3, -0.25) is 0 Å². The van der Waals surface area contributed by atoms with Crippen LogP contribution < -0.4 is 0 Å². The number of aryl methyl sites for hydroxylation is 1. The van der Waals surface area contributed by atoms with Crippen molar-refractivity contribution in [3.63, 3.8) is 0 Å². The van der Waals surface area contributed by atoms with E-state index in [4.69, 9.17) is 10.2 Å². The Kier molecular flexibility index (Phi) is 3.80. The minimum absolute atomic E-state index is 0. The van der Waals surface area contributed by atoms with Crippen molar-refractivity contribution in [2.75, 3.05) is 0 Å². The van der Waals surface area contributed by atoms with Crippen molar-refractivity contribution in [1.82, 2.24) is 0 Å². The Labute approximate surface area is 80.5 Å². The summed E-state index contributed by atoms with van der Waals surface area (Å²) in [5.74, 6) is -1.30. The van der Waals surface area contributed by atoms with Crippen molar-refractivity contribution in [3.05, 3.63) is 29.3 Å². The van der Waals surface area contributed by atoms with E-state index < -0.39 is 5.97 Å². The zero-order chi connectivity index (χ0) is 8.43. The molecule has 0 saturated carbocycles. The van der Waals surface area contributed by atoms with Gasteiger partial charge in [-0.05, 0) is 19.1 Å². The molecule has 0 aliphatic rings. The van der Waals surface area contributed by atoms with Crippen LogP contribution >= 0.6 is 0 Å². The van der Waals surface area contributed by atoms with Crippen molar-refractivity contribution in [2.24, 2.45) is 0 Å². The molecule has 0 spiro atoms. The maximum absolute atomic E-state index is 10.4. The number of phenols is 1. The summed E-state index contributed by atoms with van der Waals surface area (Å²) in [6.45, 7) is 1.77. The standard InChI is InChI=1S/C8H8O3.Cu/c1-5-2-3-7(9)6(4-5)8(10)11;/h2-4,9H,1H3,(H,10,11);. The van der Waals surface area contributed by atoms with Crippen molar-refractivity contribution in [3.8, 4) is 5.75 Å². The van der Waals surface area contributed by atoms with Gasteiger partial charge in [0.1, 0.15) is 11.3 Å². The minimum atomic E-state index is -1.11. The van der Waals surface area contributed by atoms with E-state index in [-0.39, 0.29) is 28.4 Å². The number of rotatable bonds is 1. The van der Waals surface area contributed by atoms with Gasteiger partial charge in [-0.15, -0.1) is 0 Å². The first-order valence-corrected chi connectivity index (χ1v) is 3.14. The Morgan fingerprint density at radius 2 is 2.00 bits per heavy atom. The molecule has 0 aliphatic carbocycles.